The van der Waals surface area contributed by atoms with E-state index in [1.165, 1.54) is 0 Å². The minimum Gasteiger partial charge on any atom is -0.480 e. The maximum Gasteiger partial charge on any atom is 0.320 e. The maximum absolute atomic E-state index is 11.2. The molecule has 0 saturated carbocycles. The average molecular weight is 249 g/mol. The Morgan fingerprint density at radius 2 is 1.87 bits per heavy atom. The van der Waals surface area contributed by atoms with Crippen LogP contribution in [0.2, 0.25) is 0 Å². The van der Waals surface area contributed by atoms with Gasteiger partial charge in [-0.25, -0.2) is 0 Å². The summed E-state index contributed by atoms with van der Waals surface area (Å²) in [7, 11) is 0. The minimum absolute atomic E-state index is 0.303. The lowest BCUT2D eigenvalue weighted by Crippen LogP contribution is -2.41. The topological polar surface area (TPSA) is 40.5 Å². The maximum atomic E-state index is 11.2. The van der Waals surface area contributed by atoms with E-state index in [1.54, 1.807) is 0 Å². The van der Waals surface area contributed by atoms with Crippen molar-refractivity contribution in [1.82, 2.24) is 4.90 Å². The van der Waals surface area contributed by atoms with E-state index in [0.717, 1.165) is 29.7 Å². The predicted molar refractivity (Wildman–Crippen MR) is 67.4 cm³/mol. The Labute approximate surface area is 100.0 Å². The first-order chi connectivity index (χ1) is 7.11. The average Bonchev–Trinajstić information content (AvgIpc) is 2.41. The van der Waals surface area contributed by atoms with Gasteiger partial charge in [-0.2, -0.15) is 0 Å². The van der Waals surface area contributed by atoms with Crippen molar-refractivity contribution in [2.45, 2.75) is 26.3 Å². The molecule has 0 radical (unpaired) electrons. The fourth-order valence-electron chi connectivity index (χ4n) is 1.55. The number of hydrogen-bond donors (Lipinski definition) is 1. The van der Waals surface area contributed by atoms with Crippen molar-refractivity contribution in [3.8, 4) is 0 Å². The molecule has 0 bridgehead atoms. The molecule has 88 valence electrons. The third-order valence-corrected chi connectivity index (χ3v) is 4.58. The van der Waals surface area contributed by atoms with Gasteiger partial charge in [-0.3, -0.25) is 9.69 Å². The molecule has 1 aliphatic rings. The van der Waals surface area contributed by atoms with Crippen molar-refractivity contribution in [3.05, 3.63) is 0 Å². The van der Waals surface area contributed by atoms with E-state index in [-0.39, 0.29) is 6.04 Å². The molecule has 1 rings (SSSR count). The Bertz CT molecular complexity index is 204. The zero-order valence-electron chi connectivity index (χ0n) is 9.31. The van der Waals surface area contributed by atoms with Crippen LogP contribution < -0.4 is 0 Å². The quantitative estimate of drug-likeness (QED) is 0.827. The van der Waals surface area contributed by atoms with E-state index in [0.29, 0.717) is 5.92 Å². The summed E-state index contributed by atoms with van der Waals surface area (Å²) in [5.41, 5.74) is 0. The van der Waals surface area contributed by atoms with Gasteiger partial charge in [0.15, 0.2) is 0 Å². The number of carbonyl (C=O) groups is 1. The largest absolute Gasteiger partial charge is 0.480 e. The summed E-state index contributed by atoms with van der Waals surface area (Å²) in [6.07, 6.45) is 0.746. The lowest BCUT2D eigenvalue weighted by atomic mass is 10.0. The van der Waals surface area contributed by atoms with Gasteiger partial charge < -0.3 is 5.11 Å². The van der Waals surface area contributed by atoms with E-state index >= 15 is 0 Å². The van der Waals surface area contributed by atoms with E-state index < -0.39 is 5.97 Å². The van der Waals surface area contributed by atoms with Gasteiger partial charge in [0, 0.05) is 23.3 Å². The predicted octanol–water partition coefficient (Wildman–Crippen LogP) is 2.18. The van der Waals surface area contributed by atoms with Crippen LogP contribution in [0.15, 0.2) is 0 Å². The number of aliphatic carboxylic acids is 1. The zero-order chi connectivity index (χ0) is 11.3. The van der Waals surface area contributed by atoms with E-state index in [1.807, 2.05) is 23.5 Å². The summed E-state index contributed by atoms with van der Waals surface area (Å²) < 4.78 is 0. The first kappa shape index (κ1) is 13.2. The molecule has 15 heavy (non-hydrogen) atoms. The smallest absolute Gasteiger partial charge is 0.320 e. The van der Waals surface area contributed by atoms with Crippen LogP contribution in [0.4, 0.5) is 0 Å². The standard InChI is InChI=1S/C10H19NO2S2/c1-8(2)5-9(10(12)13)11-6-14-3-4-15-7-11/h8-9H,3-7H2,1-2H3,(H,12,13). The molecule has 1 heterocycles. The second-order valence-electron chi connectivity index (χ2n) is 4.15. The molecule has 0 spiro atoms. The molecule has 0 aromatic rings. The van der Waals surface area contributed by atoms with Crippen molar-refractivity contribution in [3.63, 3.8) is 0 Å². The van der Waals surface area contributed by atoms with Gasteiger partial charge >= 0.3 is 5.97 Å². The van der Waals surface area contributed by atoms with Gasteiger partial charge in [-0.05, 0) is 12.3 Å². The van der Waals surface area contributed by atoms with Crippen molar-refractivity contribution < 1.29 is 9.90 Å². The molecule has 0 aromatic heterocycles. The molecule has 5 heteroatoms. The first-order valence-electron chi connectivity index (χ1n) is 5.23. The van der Waals surface area contributed by atoms with Gasteiger partial charge in [-0.1, -0.05) is 13.8 Å². The molecule has 1 saturated heterocycles. The Kier molecular flexibility index (Phi) is 5.86. The second-order valence-corrected chi connectivity index (χ2v) is 6.30. The molecule has 1 unspecified atom stereocenters. The molecule has 0 aromatic carbocycles. The normalized spacial score (nSPS) is 21.3. The van der Waals surface area contributed by atoms with Crippen LogP contribution in [0, 0.1) is 5.92 Å². The molecular weight excluding hydrogens is 230 g/mol. The summed E-state index contributed by atoms with van der Waals surface area (Å²) in [5, 5.41) is 9.21. The number of thioether (sulfide) groups is 2. The Balaban J connectivity index is 2.56. The third-order valence-electron chi connectivity index (χ3n) is 2.31. The van der Waals surface area contributed by atoms with Gasteiger partial charge in [0.2, 0.25) is 0 Å². The zero-order valence-corrected chi connectivity index (χ0v) is 10.9. The summed E-state index contributed by atoms with van der Waals surface area (Å²) >= 11 is 3.68. The molecule has 1 atom stereocenters. The molecular formula is C10H19NO2S2. The summed E-state index contributed by atoms with van der Waals surface area (Å²) in [5.74, 6) is 3.74. The van der Waals surface area contributed by atoms with E-state index in [2.05, 4.69) is 18.7 Å². The van der Waals surface area contributed by atoms with Crippen LogP contribution in [-0.4, -0.2) is 45.3 Å². The SMILES string of the molecule is CC(C)CC(C(=O)O)N1CSCCSC1. The molecule has 3 nitrogen and oxygen atoms in total. The highest BCUT2D eigenvalue weighted by molar-refractivity contribution is 8.03. The van der Waals surface area contributed by atoms with Crippen molar-refractivity contribution in [1.29, 1.82) is 0 Å². The number of rotatable bonds is 4. The Hall–Kier alpha value is 0.130. The summed E-state index contributed by atoms with van der Waals surface area (Å²) in [6, 6.07) is -0.303. The first-order valence-corrected chi connectivity index (χ1v) is 7.54. The lowest BCUT2D eigenvalue weighted by molar-refractivity contribution is -0.143. The highest BCUT2D eigenvalue weighted by Gasteiger charge is 2.27. The number of hydrogen-bond acceptors (Lipinski definition) is 4. The van der Waals surface area contributed by atoms with E-state index in [4.69, 9.17) is 0 Å². The summed E-state index contributed by atoms with van der Waals surface area (Å²) in [4.78, 5) is 13.3. The number of carboxylic acids is 1. The number of carboxylic acid groups (broad SMARTS) is 1. The monoisotopic (exact) mass is 249 g/mol. The fourth-order valence-corrected chi connectivity index (χ4v) is 3.88. The van der Waals surface area contributed by atoms with Crippen LogP contribution in [-0.2, 0) is 4.79 Å². The molecule has 1 N–H and O–H groups in total. The second kappa shape index (κ2) is 6.66. The molecule has 0 amide bonds. The van der Waals surface area contributed by atoms with Crippen molar-refractivity contribution in [2.75, 3.05) is 23.3 Å². The van der Waals surface area contributed by atoms with Crippen LogP contribution in [0.1, 0.15) is 20.3 Å². The Morgan fingerprint density at radius 3 is 2.27 bits per heavy atom. The van der Waals surface area contributed by atoms with Crippen LogP contribution in [0.3, 0.4) is 0 Å². The van der Waals surface area contributed by atoms with Crippen LogP contribution >= 0.6 is 23.5 Å². The third kappa shape index (κ3) is 4.66. The van der Waals surface area contributed by atoms with E-state index in [9.17, 15) is 9.90 Å². The van der Waals surface area contributed by atoms with Crippen molar-refractivity contribution >= 4 is 29.5 Å². The molecule has 1 fully saturated rings. The van der Waals surface area contributed by atoms with Crippen molar-refractivity contribution in [2.24, 2.45) is 5.92 Å². The lowest BCUT2D eigenvalue weighted by Gasteiger charge is -2.27. The van der Waals surface area contributed by atoms with Crippen LogP contribution in [0.25, 0.3) is 0 Å². The Morgan fingerprint density at radius 1 is 1.33 bits per heavy atom. The van der Waals surface area contributed by atoms with Gasteiger partial charge in [0.25, 0.3) is 0 Å². The minimum atomic E-state index is -0.674. The van der Waals surface area contributed by atoms with Gasteiger partial charge in [-0.15, -0.1) is 23.5 Å². The molecule has 0 aliphatic carbocycles. The molecule has 1 aliphatic heterocycles. The highest BCUT2D eigenvalue weighted by Crippen LogP contribution is 2.22. The fraction of sp³-hybridized carbons (Fsp3) is 0.900. The van der Waals surface area contributed by atoms with Crippen LogP contribution in [0.5, 0.6) is 0 Å². The number of nitrogens with zero attached hydrogens (tertiary/aromatic N) is 1. The van der Waals surface area contributed by atoms with Gasteiger partial charge in [0.05, 0.1) is 0 Å². The van der Waals surface area contributed by atoms with Gasteiger partial charge in [0.1, 0.15) is 6.04 Å². The highest BCUT2D eigenvalue weighted by atomic mass is 32.2. The summed E-state index contributed by atoms with van der Waals surface area (Å²) in [6.45, 7) is 4.15.